The Morgan fingerprint density at radius 3 is 2.65 bits per heavy atom. The molecule has 0 heterocycles. The molecule has 0 aliphatic heterocycles. The van der Waals surface area contributed by atoms with E-state index < -0.39 is 0 Å². The van der Waals surface area contributed by atoms with Gasteiger partial charge in [0.25, 0.3) is 0 Å². The predicted molar refractivity (Wildman–Crippen MR) is 62.7 cm³/mol. The van der Waals surface area contributed by atoms with E-state index >= 15 is 0 Å². The molecule has 0 unspecified atom stereocenters. The molecule has 0 spiro atoms. The summed E-state index contributed by atoms with van der Waals surface area (Å²) >= 11 is 0. The number of aliphatic imine (C=N–C) groups is 1. The summed E-state index contributed by atoms with van der Waals surface area (Å²) in [6.07, 6.45) is 3.44. The predicted octanol–water partition coefficient (Wildman–Crippen LogP) is 2.17. The van der Waals surface area contributed by atoms with Gasteiger partial charge in [-0.1, -0.05) is 6.07 Å². The van der Waals surface area contributed by atoms with Crippen LogP contribution in [0.2, 0.25) is 0 Å². The molecule has 1 aromatic rings. The van der Waals surface area contributed by atoms with Crippen LogP contribution in [0.3, 0.4) is 0 Å². The zero-order chi connectivity index (χ0) is 12.3. The van der Waals surface area contributed by atoms with Gasteiger partial charge in [-0.3, -0.25) is 0 Å². The number of nitrogens with zero attached hydrogens (tertiary/aromatic N) is 1. The SMILES string of the molecule is COCc1cc(OC)cc(C2(N=C=O)CC2)c1. The van der Waals surface area contributed by atoms with Crippen LogP contribution in [0.15, 0.2) is 23.2 Å². The fourth-order valence-corrected chi connectivity index (χ4v) is 1.97. The van der Waals surface area contributed by atoms with E-state index in [0.717, 1.165) is 29.7 Å². The van der Waals surface area contributed by atoms with Crippen molar-refractivity contribution in [3.05, 3.63) is 29.3 Å². The molecule has 0 radical (unpaired) electrons. The Labute approximate surface area is 100 Å². The van der Waals surface area contributed by atoms with E-state index in [1.165, 1.54) is 0 Å². The summed E-state index contributed by atoms with van der Waals surface area (Å²) in [7, 11) is 3.27. The van der Waals surface area contributed by atoms with E-state index in [2.05, 4.69) is 4.99 Å². The third kappa shape index (κ3) is 2.38. The minimum atomic E-state index is -0.362. The third-order valence-corrected chi connectivity index (χ3v) is 3.03. The van der Waals surface area contributed by atoms with Crippen LogP contribution >= 0.6 is 0 Å². The molecule has 4 nitrogen and oxygen atoms in total. The highest BCUT2D eigenvalue weighted by Gasteiger charge is 2.45. The van der Waals surface area contributed by atoms with Gasteiger partial charge in [0.2, 0.25) is 6.08 Å². The molecule has 90 valence electrons. The lowest BCUT2D eigenvalue weighted by Gasteiger charge is -2.12. The Morgan fingerprint density at radius 1 is 1.35 bits per heavy atom. The molecule has 0 saturated heterocycles. The van der Waals surface area contributed by atoms with E-state index in [-0.39, 0.29) is 5.54 Å². The molecule has 1 fully saturated rings. The summed E-state index contributed by atoms with van der Waals surface area (Å²) in [4.78, 5) is 14.4. The topological polar surface area (TPSA) is 47.9 Å². The van der Waals surface area contributed by atoms with Gasteiger partial charge in [-0.05, 0) is 36.1 Å². The van der Waals surface area contributed by atoms with Crippen LogP contribution in [-0.4, -0.2) is 20.3 Å². The zero-order valence-electron chi connectivity index (χ0n) is 10.0. The fraction of sp³-hybridized carbons (Fsp3) is 0.462. The first-order chi connectivity index (χ1) is 8.24. The second kappa shape index (κ2) is 4.70. The molecule has 0 aromatic heterocycles. The van der Waals surface area contributed by atoms with Gasteiger partial charge in [-0.15, -0.1) is 0 Å². The molecule has 0 amide bonds. The number of ether oxygens (including phenoxy) is 2. The number of hydrogen-bond donors (Lipinski definition) is 0. The number of methoxy groups -OCH3 is 2. The van der Waals surface area contributed by atoms with E-state index in [0.29, 0.717) is 6.61 Å². The quantitative estimate of drug-likeness (QED) is 0.578. The third-order valence-electron chi connectivity index (χ3n) is 3.03. The zero-order valence-corrected chi connectivity index (χ0v) is 10.0. The first-order valence-corrected chi connectivity index (χ1v) is 5.50. The molecule has 1 aromatic carbocycles. The summed E-state index contributed by atoms with van der Waals surface area (Å²) in [6, 6.07) is 5.86. The van der Waals surface area contributed by atoms with Crippen LogP contribution < -0.4 is 4.74 Å². The lowest BCUT2D eigenvalue weighted by atomic mass is 10.0. The molecular formula is C13H15NO3. The second-order valence-electron chi connectivity index (χ2n) is 4.24. The lowest BCUT2D eigenvalue weighted by Crippen LogP contribution is -2.04. The normalized spacial score (nSPS) is 16.1. The molecule has 17 heavy (non-hydrogen) atoms. The summed E-state index contributed by atoms with van der Waals surface area (Å²) in [5, 5.41) is 0. The van der Waals surface area contributed by atoms with Crippen molar-refractivity contribution in [3.8, 4) is 5.75 Å². The summed E-state index contributed by atoms with van der Waals surface area (Å²) in [5.41, 5.74) is 1.67. The van der Waals surface area contributed by atoms with Crippen molar-refractivity contribution in [1.82, 2.24) is 0 Å². The molecule has 2 rings (SSSR count). The van der Waals surface area contributed by atoms with Gasteiger partial charge < -0.3 is 9.47 Å². The average molecular weight is 233 g/mol. The van der Waals surface area contributed by atoms with Crippen molar-refractivity contribution in [2.24, 2.45) is 4.99 Å². The molecule has 0 N–H and O–H groups in total. The molecular weight excluding hydrogens is 218 g/mol. The van der Waals surface area contributed by atoms with Gasteiger partial charge in [0.1, 0.15) is 5.75 Å². The summed E-state index contributed by atoms with van der Waals surface area (Å²) < 4.78 is 10.4. The summed E-state index contributed by atoms with van der Waals surface area (Å²) in [5.74, 6) is 0.766. The Hall–Kier alpha value is -1.64. The highest BCUT2D eigenvalue weighted by molar-refractivity contribution is 5.45. The fourth-order valence-electron chi connectivity index (χ4n) is 1.97. The summed E-state index contributed by atoms with van der Waals surface area (Å²) in [6.45, 7) is 0.519. The minimum absolute atomic E-state index is 0.362. The van der Waals surface area contributed by atoms with Crippen molar-refractivity contribution in [3.63, 3.8) is 0 Å². The van der Waals surface area contributed by atoms with E-state index in [1.807, 2.05) is 18.2 Å². The Kier molecular flexibility index (Phi) is 3.27. The van der Waals surface area contributed by atoms with Crippen molar-refractivity contribution < 1.29 is 14.3 Å². The van der Waals surface area contributed by atoms with E-state index in [9.17, 15) is 4.79 Å². The first-order valence-electron chi connectivity index (χ1n) is 5.50. The average Bonchev–Trinajstić information content (AvgIpc) is 3.11. The van der Waals surface area contributed by atoms with Gasteiger partial charge in [0.05, 0.1) is 19.3 Å². The molecule has 1 saturated carbocycles. The molecule has 4 heteroatoms. The van der Waals surface area contributed by atoms with Crippen molar-refractivity contribution in [2.45, 2.75) is 25.0 Å². The largest absolute Gasteiger partial charge is 0.497 e. The number of benzene rings is 1. The maximum Gasteiger partial charge on any atom is 0.235 e. The van der Waals surface area contributed by atoms with E-state index in [4.69, 9.17) is 9.47 Å². The van der Waals surface area contributed by atoms with Gasteiger partial charge in [0, 0.05) is 7.11 Å². The Morgan fingerprint density at radius 2 is 2.12 bits per heavy atom. The maximum absolute atomic E-state index is 10.5. The maximum atomic E-state index is 10.5. The van der Waals surface area contributed by atoms with Gasteiger partial charge >= 0.3 is 0 Å². The molecule has 0 atom stereocenters. The van der Waals surface area contributed by atoms with Crippen molar-refractivity contribution >= 4 is 6.08 Å². The highest BCUT2D eigenvalue weighted by Crippen LogP contribution is 2.50. The van der Waals surface area contributed by atoms with Crippen LogP contribution in [0.4, 0.5) is 0 Å². The number of isocyanates is 1. The van der Waals surface area contributed by atoms with Crippen molar-refractivity contribution in [2.75, 3.05) is 14.2 Å². The van der Waals surface area contributed by atoms with Crippen molar-refractivity contribution in [1.29, 1.82) is 0 Å². The second-order valence-corrected chi connectivity index (χ2v) is 4.24. The van der Waals surface area contributed by atoms with Crippen LogP contribution in [0.5, 0.6) is 5.75 Å². The number of carbonyl (C=O) groups excluding carboxylic acids is 1. The molecule has 1 aliphatic carbocycles. The van der Waals surface area contributed by atoms with Crippen LogP contribution in [0.1, 0.15) is 24.0 Å². The Bertz CT molecular complexity index is 460. The monoisotopic (exact) mass is 233 g/mol. The van der Waals surface area contributed by atoms with E-state index in [1.54, 1.807) is 20.3 Å². The van der Waals surface area contributed by atoms with Gasteiger partial charge in [0.15, 0.2) is 0 Å². The lowest BCUT2D eigenvalue weighted by molar-refractivity contribution is 0.184. The first kappa shape index (κ1) is 11.8. The van der Waals surface area contributed by atoms with Gasteiger partial charge in [-0.2, -0.15) is 4.99 Å². The smallest absolute Gasteiger partial charge is 0.235 e. The van der Waals surface area contributed by atoms with Crippen LogP contribution in [0, 0.1) is 0 Å². The minimum Gasteiger partial charge on any atom is -0.497 e. The van der Waals surface area contributed by atoms with Gasteiger partial charge in [-0.25, -0.2) is 4.79 Å². The molecule has 1 aliphatic rings. The van der Waals surface area contributed by atoms with Crippen LogP contribution in [0.25, 0.3) is 0 Å². The standard InChI is InChI=1S/C13H15NO3/c1-16-8-10-5-11(7-12(6-10)17-2)13(3-4-13)14-9-15/h5-7H,3-4,8H2,1-2H3. The molecule has 0 bridgehead atoms. The number of hydrogen-bond acceptors (Lipinski definition) is 4. The van der Waals surface area contributed by atoms with Crippen LogP contribution in [-0.2, 0) is 21.7 Å². The Balaban J connectivity index is 2.39. The highest BCUT2D eigenvalue weighted by atomic mass is 16.5. The number of rotatable bonds is 5.